The van der Waals surface area contributed by atoms with E-state index in [-0.39, 0.29) is 18.3 Å². The Labute approximate surface area is 142 Å². The summed E-state index contributed by atoms with van der Waals surface area (Å²) in [6.45, 7) is 3.01. The minimum atomic E-state index is 0. The summed E-state index contributed by atoms with van der Waals surface area (Å²) in [6, 6.07) is 7.26. The summed E-state index contributed by atoms with van der Waals surface area (Å²) >= 11 is 0. The van der Waals surface area contributed by atoms with Gasteiger partial charge in [-0.25, -0.2) is 4.98 Å². The molecular weight excluding hydrogens is 316 g/mol. The highest BCUT2D eigenvalue weighted by Crippen LogP contribution is 2.16. The van der Waals surface area contributed by atoms with E-state index < -0.39 is 0 Å². The highest BCUT2D eigenvalue weighted by atomic mass is 35.5. The number of aromatic nitrogens is 2. The van der Waals surface area contributed by atoms with Gasteiger partial charge in [-0.3, -0.25) is 4.79 Å². The molecule has 1 aromatic carbocycles. The third-order valence-corrected chi connectivity index (χ3v) is 3.98. The van der Waals surface area contributed by atoms with Gasteiger partial charge in [0.15, 0.2) is 0 Å². The van der Waals surface area contributed by atoms with Gasteiger partial charge in [0.25, 0.3) is 5.91 Å². The van der Waals surface area contributed by atoms with Gasteiger partial charge in [0.05, 0.1) is 7.11 Å². The van der Waals surface area contributed by atoms with Gasteiger partial charge >= 0.3 is 0 Å². The molecule has 0 unspecified atom stereocenters. The van der Waals surface area contributed by atoms with Gasteiger partial charge in [-0.2, -0.15) is 0 Å². The molecule has 124 valence electrons. The third kappa shape index (κ3) is 3.59. The SMILES string of the molecule is COc1ccc(C(=O)N2CCN(c3nccn3C)CC2)cc1.Cl. The summed E-state index contributed by atoms with van der Waals surface area (Å²) in [5.41, 5.74) is 0.700. The predicted octanol–water partition coefficient (Wildman–Crippen LogP) is 1.81. The molecule has 2 heterocycles. The number of hydrogen-bond acceptors (Lipinski definition) is 4. The second-order valence-electron chi connectivity index (χ2n) is 5.35. The van der Waals surface area contributed by atoms with Crippen LogP contribution in [0.1, 0.15) is 10.4 Å². The molecule has 6 nitrogen and oxygen atoms in total. The molecule has 0 bridgehead atoms. The van der Waals surface area contributed by atoms with Crippen molar-refractivity contribution in [2.75, 3.05) is 38.2 Å². The fourth-order valence-corrected chi connectivity index (χ4v) is 2.69. The number of anilines is 1. The van der Waals surface area contributed by atoms with Crippen molar-refractivity contribution in [3.05, 3.63) is 42.2 Å². The zero-order valence-electron chi connectivity index (χ0n) is 13.3. The summed E-state index contributed by atoms with van der Waals surface area (Å²) in [5.74, 6) is 1.79. The molecule has 0 aliphatic carbocycles. The van der Waals surface area contributed by atoms with Crippen molar-refractivity contribution in [1.29, 1.82) is 0 Å². The maximum Gasteiger partial charge on any atom is 0.253 e. The molecule has 23 heavy (non-hydrogen) atoms. The van der Waals surface area contributed by atoms with E-state index in [4.69, 9.17) is 4.74 Å². The third-order valence-electron chi connectivity index (χ3n) is 3.98. The molecule has 0 N–H and O–H groups in total. The number of halogens is 1. The van der Waals surface area contributed by atoms with E-state index >= 15 is 0 Å². The molecule has 0 radical (unpaired) electrons. The largest absolute Gasteiger partial charge is 0.497 e. The summed E-state index contributed by atoms with van der Waals surface area (Å²) < 4.78 is 7.12. The topological polar surface area (TPSA) is 50.6 Å². The molecule has 1 aromatic heterocycles. The quantitative estimate of drug-likeness (QED) is 0.858. The van der Waals surface area contributed by atoms with Crippen LogP contribution in [0.15, 0.2) is 36.7 Å². The Morgan fingerprint density at radius 1 is 1.13 bits per heavy atom. The number of rotatable bonds is 3. The summed E-state index contributed by atoms with van der Waals surface area (Å²) in [7, 11) is 3.60. The Hall–Kier alpha value is -2.21. The fraction of sp³-hybridized carbons (Fsp3) is 0.375. The first-order chi connectivity index (χ1) is 10.7. The molecule has 1 saturated heterocycles. The summed E-state index contributed by atoms with van der Waals surface area (Å²) in [6.07, 6.45) is 3.73. The van der Waals surface area contributed by atoms with Crippen LogP contribution in [-0.4, -0.2) is 53.6 Å². The van der Waals surface area contributed by atoms with Gasteiger partial charge in [-0.1, -0.05) is 0 Å². The number of methoxy groups -OCH3 is 1. The van der Waals surface area contributed by atoms with Gasteiger partial charge in [0.2, 0.25) is 5.95 Å². The molecule has 1 aliphatic rings. The van der Waals surface area contributed by atoms with E-state index in [0.29, 0.717) is 18.7 Å². The minimum absolute atomic E-state index is 0. The lowest BCUT2D eigenvalue weighted by atomic mass is 10.1. The van der Waals surface area contributed by atoms with Crippen molar-refractivity contribution in [1.82, 2.24) is 14.5 Å². The number of carbonyl (C=O) groups excluding carboxylic acids is 1. The van der Waals surface area contributed by atoms with Crippen LogP contribution >= 0.6 is 12.4 Å². The lowest BCUT2D eigenvalue weighted by molar-refractivity contribution is 0.0746. The van der Waals surface area contributed by atoms with Crippen LogP contribution in [0.2, 0.25) is 0 Å². The summed E-state index contributed by atoms with van der Waals surface area (Å²) in [5, 5.41) is 0. The zero-order valence-corrected chi connectivity index (χ0v) is 14.1. The lowest BCUT2D eigenvalue weighted by Crippen LogP contribution is -2.49. The van der Waals surface area contributed by atoms with Crippen molar-refractivity contribution in [3.8, 4) is 5.75 Å². The maximum atomic E-state index is 12.5. The molecule has 0 saturated carbocycles. The number of aryl methyl sites for hydroxylation is 1. The number of nitrogens with zero attached hydrogens (tertiary/aromatic N) is 4. The number of benzene rings is 1. The van der Waals surface area contributed by atoms with Gasteiger partial charge < -0.3 is 19.1 Å². The smallest absolute Gasteiger partial charge is 0.253 e. The summed E-state index contributed by atoms with van der Waals surface area (Å²) in [4.78, 5) is 21.0. The number of imidazole rings is 1. The van der Waals surface area contributed by atoms with E-state index in [0.717, 1.165) is 24.8 Å². The second kappa shape index (κ2) is 7.37. The fourth-order valence-electron chi connectivity index (χ4n) is 2.69. The first-order valence-electron chi connectivity index (χ1n) is 7.34. The molecule has 1 amide bonds. The molecule has 0 spiro atoms. The monoisotopic (exact) mass is 336 g/mol. The zero-order chi connectivity index (χ0) is 15.5. The number of amides is 1. The average molecular weight is 337 g/mol. The van der Waals surface area contributed by atoms with Gasteiger partial charge in [-0.15, -0.1) is 12.4 Å². The lowest BCUT2D eigenvalue weighted by Gasteiger charge is -2.35. The average Bonchev–Trinajstić information content (AvgIpc) is 3.00. The van der Waals surface area contributed by atoms with Gasteiger partial charge in [0.1, 0.15) is 5.75 Å². The van der Waals surface area contributed by atoms with Gasteiger partial charge in [0, 0.05) is 51.2 Å². The molecular formula is C16H21ClN4O2. The van der Waals surface area contributed by atoms with Gasteiger partial charge in [-0.05, 0) is 24.3 Å². The number of ether oxygens (including phenoxy) is 1. The van der Waals surface area contributed by atoms with Crippen LogP contribution in [0.25, 0.3) is 0 Å². The molecule has 2 aromatic rings. The van der Waals surface area contributed by atoms with Crippen LogP contribution in [0.4, 0.5) is 5.95 Å². The van der Waals surface area contributed by atoms with E-state index in [1.165, 1.54) is 0 Å². The number of hydrogen-bond donors (Lipinski definition) is 0. The molecule has 7 heteroatoms. The molecule has 3 rings (SSSR count). The Kier molecular flexibility index (Phi) is 5.50. The van der Waals surface area contributed by atoms with Crippen LogP contribution in [0.3, 0.4) is 0 Å². The van der Waals surface area contributed by atoms with Crippen molar-refractivity contribution < 1.29 is 9.53 Å². The van der Waals surface area contributed by atoms with Crippen molar-refractivity contribution >= 4 is 24.3 Å². The van der Waals surface area contributed by atoms with Crippen LogP contribution < -0.4 is 9.64 Å². The normalized spacial score (nSPS) is 14.3. The first kappa shape index (κ1) is 17.1. The number of piperazine rings is 1. The molecule has 0 atom stereocenters. The Morgan fingerprint density at radius 3 is 2.30 bits per heavy atom. The van der Waals surface area contributed by atoms with Crippen molar-refractivity contribution in [3.63, 3.8) is 0 Å². The minimum Gasteiger partial charge on any atom is -0.497 e. The highest BCUT2D eigenvalue weighted by Gasteiger charge is 2.23. The van der Waals surface area contributed by atoms with Crippen molar-refractivity contribution in [2.24, 2.45) is 7.05 Å². The van der Waals surface area contributed by atoms with Crippen molar-refractivity contribution in [2.45, 2.75) is 0 Å². The van der Waals surface area contributed by atoms with E-state index in [1.807, 2.05) is 47.0 Å². The Balaban J connectivity index is 0.00000192. The number of carbonyl (C=O) groups is 1. The van der Waals surface area contributed by atoms with E-state index in [9.17, 15) is 4.79 Å². The van der Waals surface area contributed by atoms with E-state index in [2.05, 4.69) is 9.88 Å². The van der Waals surface area contributed by atoms with Crippen LogP contribution in [0.5, 0.6) is 5.75 Å². The second-order valence-corrected chi connectivity index (χ2v) is 5.35. The standard InChI is InChI=1S/C16H20N4O2.ClH/c1-18-8-7-17-16(18)20-11-9-19(10-12-20)15(21)13-3-5-14(22-2)6-4-13;/h3-8H,9-12H2,1-2H3;1H. The van der Waals surface area contributed by atoms with E-state index in [1.54, 1.807) is 13.3 Å². The first-order valence-corrected chi connectivity index (χ1v) is 7.34. The predicted molar refractivity (Wildman–Crippen MR) is 91.6 cm³/mol. The molecule has 1 fully saturated rings. The maximum absolute atomic E-state index is 12.5. The Morgan fingerprint density at radius 2 is 1.78 bits per heavy atom. The molecule has 1 aliphatic heterocycles. The van der Waals surface area contributed by atoms with Crippen LogP contribution in [0, 0.1) is 0 Å². The van der Waals surface area contributed by atoms with Crippen LogP contribution in [-0.2, 0) is 7.05 Å². The highest BCUT2D eigenvalue weighted by molar-refractivity contribution is 5.94. The Bertz CT molecular complexity index is 648.